The Morgan fingerprint density at radius 1 is 1.09 bits per heavy atom. The van der Waals surface area contributed by atoms with E-state index in [4.69, 9.17) is 4.74 Å². The molecule has 0 radical (unpaired) electrons. The molecule has 2 aliphatic rings. The molecule has 178 valence electrons. The minimum atomic E-state index is 0.416. The van der Waals surface area contributed by atoms with Gasteiger partial charge in [0.1, 0.15) is 6.33 Å². The number of pyridine rings is 1. The van der Waals surface area contributed by atoms with Gasteiger partial charge in [-0.1, -0.05) is 19.9 Å². The fraction of sp³-hybridized carbons (Fsp3) is 0.500. The van der Waals surface area contributed by atoms with Crippen LogP contribution in [-0.2, 0) is 4.74 Å². The van der Waals surface area contributed by atoms with Gasteiger partial charge in [0.15, 0.2) is 5.65 Å². The van der Waals surface area contributed by atoms with Crippen LogP contribution in [0.2, 0.25) is 0 Å². The molecule has 0 amide bonds. The molecule has 4 aromatic rings. The molecule has 6 nitrogen and oxygen atoms in total. The van der Waals surface area contributed by atoms with Crippen molar-refractivity contribution in [2.75, 3.05) is 26.3 Å². The van der Waals surface area contributed by atoms with Crippen LogP contribution in [0, 0.1) is 13.8 Å². The number of nitrogens with one attached hydrogen (secondary N) is 1. The van der Waals surface area contributed by atoms with Crippen molar-refractivity contribution in [3.05, 3.63) is 53.0 Å². The number of ether oxygens (including phenoxy) is 1. The molecule has 0 saturated carbocycles. The summed E-state index contributed by atoms with van der Waals surface area (Å²) >= 11 is 0. The summed E-state index contributed by atoms with van der Waals surface area (Å²) in [5, 5.41) is 9.80. The molecule has 1 unspecified atom stereocenters. The van der Waals surface area contributed by atoms with E-state index in [-0.39, 0.29) is 0 Å². The number of hydrogen-bond donors (Lipinski definition) is 1. The number of nitrogens with zero attached hydrogens (tertiary/aromatic N) is 4. The van der Waals surface area contributed by atoms with Gasteiger partial charge in [0, 0.05) is 35.3 Å². The van der Waals surface area contributed by atoms with E-state index in [0.29, 0.717) is 17.9 Å². The Hall–Kier alpha value is -2.70. The van der Waals surface area contributed by atoms with Gasteiger partial charge in [-0.15, -0.1) is 10.2 Å². The molecular formula is C28H35N5O. The Morgan fingerprint density at radius 2 is 1.91 bits per heavy atom. The fourth-order valence-electron chi connectivity index (χ4n) is 6.17. The Bertz CT molecular complexity index is 1340. The second-order valence-corrected chi connectivity index (χ2v) is 10.6. The summed E-state index contributed by atoms with van der Waals surface area (Å²) < 4.78 is 7.67. The van der Waals surface area contributed by atoms with Crippen molar-refractivity contribution in [1.82, 2.24) is 24.5 Å². The number of rotatable bonds is 4. The summed E-state index contributed by atoms with van der Waals surface area (Å²) in [5.41, 5.74) is 9.97. The van der Waals surface area contributed by atoms with Crippen molar-refractivity contribution in [3.8, 4) is 11.3 Å². The normalized spacial score (nSPS) is 20.3. The van der Waals surface area contributed by atoms with E-state index >= 15 is 0 Å². The quantitative estimate of drug-likeness (QED) is 0.434. The van der Waals surface area contributed by atoms with E-state index in [2.05, 4.69) is 72.2 Å². The summed E-state index contributed by atoms with van der Waals surface area (Å²) in [6.45, 7) is 13.2. The molecule has 5 heterocycles. The maximum atomic E-state index is 5.63. The Labute approximate surface area is 201 Å². The van der Waals surface area contributed by atoms with Crippen molar-refractivity contribution in [2.24, 2.45) is 0 Å². The zero-order valence-corrected chi connectivity index (χ0v) is 20.8. The van der Waals surface area contributed by atoms with E-state index in [1.165, 1.54) is 76.8 Å². The van der Waals surface area contributed by atoms with Crippen LogP contribution in [-0.4, -0.2) is 56.8 Å². The van der Waals surface area contributed by atoms with Gasteiger partial charge in [-0.2, -0.15) is 0 Å². The molecule has 34 heavy (non-hydrogen) atoms. The number of benzene rings is 1. The first-order valence-corrected chi connectivity index (χ1v) is 12.8. The summed E-state index contributed by atoms with van der Waals surface area (Å²) in [6, 6.07) is 7.77. The monoisotopic (exact) mass is 457 g/mol. The molecule has 6 heteroatoms. The molecule has 0 aliphatic carbocycles. The lowest BCUT2D eigenvalue weighted by Gasteiger charge is -2.35. The van der Waals surface area contributed by atoms with Crippen LogP contribution in [0.3, 0.4) is 0 Å². The summed E-state index contributed by atoms with van der Waals surface area (Å²) in [4.78, 5) is 6.44. The SMILES string of the molecule is Cc1c(-c2[nH]c3ccc(C4CCN(C5CCOC5)CC4)cc3c2C(C)C)cn2cnnc2c1C. The van der Waals surface area contributed by atoms with Crippen LogP contribution in [0.5, 0.6) is 0 Å². The number of aryl methyl sites for hydroxylation is 1. The minimum Gasteiger partial charge on any atom is -0.380 e. The summed E-state index contributed by atoms with van der Waals surface area (Å²) in [7, 11) is 0. The first-order chi connectivity index (χ1) is 16.5. The summed E-state index contributed by atoms with van der Waals surface area (Å²) in [5.74, 6) is 1.05. The zero-order valence-electron chi connectivity index (χ0n) is 20.8. The van der Waals surface area contributed by atoms with Crippen molar-refractivity contribution < 1.29 is 4.74 Å². The molecule has 0 spiro atoms. The molecule has 2 fully saturated rings. The standard InChI is InChI=1S/C28H35N5O/c1-17(2)26-23-13-21(20-7-10-32(11-8-20)22-9-12-34-15-22)5-6-25(23)30-27(26)24-14-33-16-29-31-28(33)19(4)18(24)3/h5-6,13-14,16-17,20,22,30H,7-12,15H2,1-4H3. The highest BCUT2D eigenvalue weighted by atomic mass is 16.5. The lowest BCUT2D eigenvalue weighted by atomic mass is 9.87. The second-order valence-electron chi connectivity index (χ2n) is 10.6. The average Bonchev–Trinajstić information content (AvgIpc) is 3.60. The number of H-pyrrole nitrogens is 1. The first-order valence-electron chi connectivity index (χ1n) is 12.8. The lowest BCUT2D eigenvalue weighted by molar-refractivity contribution is 0.122. The van der Waals surface area contributed by atoms with Crippen LogP contribution in [0.1, 0.15) is 67.2 Å². The van der Waals surface area contributed by atoms with Gasteiger partial charge in [0.25, 0.3) is 0 Å². The highest BCUT2D eigenvalue weighted by molar-refractivity contribution is 5.92. The van der Waals surface area contributed by atoms with Crippen LogP contribution in [0.15, 0.2) is 30.7 Å². The minimum absolute atomic E-state index is 0.416. The van der Waals surface area contributed by atoms with Crippen molar-refractivity contribution >= 4 is 16.6 Å². The predicted molar refractivity (Wildman–Crippen MR) is 137 cm³/mol. The molecular weight excluding hydrogens is 422 g/mol. The fourth-order valence-corrected chi connectivity index (χ4v) is 6.17. The zero-order chi connectivity index (χ0) is 23.4. The number of piperidine rings is 1. The number of aromatic nitrogens is 4. The topological polar surface area (TPSA) is 58.5 Å². The largest absolute Gasteiger partial charge is 0.380 e. The lowest BCUT2D eigenvalue weighted by Crippen LogP contribution is -2.41. The van der Waals surface area contributed by atoms with Crippen molar-refractivity contribution in [3.63, 3.8) is 0 Å². The van der Waals surface area contributed by atoms with Gasteiger partial charge in [-0.25, -0.2) is 0 Å². The van der Waals surface area contributed by atoms with Crippen molar-refractivity contribution in [1.29, 1.82) is 0 Å². The van der Waals surface area contributed by atoms with Crippen LogP contribution in [0.4, 0.5) is 0 Å². The smallest absolute Gasteiger partial charge is 0.163 e. The maximum absolute atomic E-state index is 5.63. The Morgan fingerprint density at radius 3 is 2.65 bits per heavy atom. The van der Waals surface area contributed by atoms with E-state index < -0.39 is 0 Å². The van der Waals surface area contributed by atoms with Gasteiger partial charge >= 0.3 is 0 Å². The third kappa shape index (κ3) is 3.55. The molecule has 1 aromatic carbocycles. The van der Waals surface area contributed by atoms with Gasteiger partial charge < -0.3 is 9.72 Å². The number of likely N-dealkylation sites (tertiary alicyclic amines) is 1. The van der Waals surface area contributed by atoms with Gasteiger partial charge in [-0.3, -0.25) is 9.30 Å². The van der Waals surface area contributed by atoms with Gasteiger partial charge in [0.2, 0.25) is 0 Å². The van der Waals surface area contributed by atoms with E-state index in [1.807, 2.05) is 4.40 Å². The molecule has 3 aromatic heterocycles. The number of hydrogen-bond acceptors (Lipinski definition) is 4. The molecule has 0 bridgehead atoms. The van der Waals surface area contributed by atoms with E-state index in [0.717, 1.165) is 18.9 Å². The number of fused-ring (bicyclic) bond motifs is 2. The summed E-state index contributed by atoms with van der Waals surface area (Å²) in [6.07, 6.45) is 7.64. The van der Waals surface area contributed by atoms with E-state index in [1.54, 1.807) is 6.33 Å². The second kappa shape index (κ2) is 8.51. The highest BCUT2D eigenvalue weighted by Gasteiger charge is 2.29. The predicted octanol–water partition coefficient (Wildman–Crippen LogP) is 5.59. The first kappa shape index (κ1) is 21.8. The van der Waals surface area contributed by atoms with Crippen LogP contribution in [0.25, 0.3) is 27.8 Å². The molecule has 1 atom stereocenters. The van der Waals surface area contributed by atoms with Gasteiger partial charge in [-0.05, 0) is 92.4 Å². The average molecular weight is 458 g/mol. The Kier molecular flexibility index (Phi) is 5.46. The third-order valence-corrected chi connectivity index (χ3v) is 8.28. The van der Waals surface area contributed by atoms with Crippen molar-refractivity contribution in [2.45, 2.75) is 64.8 Å². The van der Waals surface area contributed by atoms with E-state index in [9.17, 15) is 0 Å². The molecule has 2 saturated heterocycles. The maximum Gasteiger partial charge on any atom is 0.163 e. The molecule has 1 N–H and O–H groups in total. The van der Waals surface area contributed by atoms with Gasteiger partial charge in [0.05, 0.1) is 12.3 Å². The molecule has 2 aliphatic heterocycles. The van der Waals surface area contributed by atoms with Crippen LogP contribution >= 0.6 is 0 Å². The third-order valence-electron chi connectivity index (χ3n) is 8.28. The van der Waals surface area contributed by atoms with Crippen LogP contribution < -0.4 is 0 Å². The number of aromatic amines is 1. The highest BCUT2D eigenvalue weighted by Crippen LogP contribution is 2.40. The Balaban J connectivity index is 1.37. The molecule has 6 rings (SSSR count).